The molecule has 2 N–H and O–H groups in total. The van der Waals surface area contributed by atoms with Gasteiger partial charge in [0, 0.05) is 21.8 Å². The van der Waals surface area contributed by atoms with Gasteiger partial charge in [0.05, 0.1) is 5.69 Å². The van der Waals surface area contributed by atoms with Gasteiger partial charge in [-0.2, -0.15) is 0 Å². The van der Waals surface area contributed by atoms with Gasteiger partial charge in [0.15, 0.2) is 0 Å². The highest BCUT2D eigenvalue weighted by Crippen LogP contribution is 2.19. The summed E-state index contributed by atoms with van der Waals surface area (Å²) in [5, 5.41) is 6.93. The highest BCUT2D eigenvalue weighted by molar-refractivity contribution is 9.10. The maximum absolute atomic E-state index is 12.8. The molecule has 1 aliphatic carbocycles. The third kappa shape index (κ3) is 3.69. The molecule has 0 bridgehead atoms. The number of benzene rings is 2. The SMILES string of the molecule is O=c1c2c([nH]n1-c1ccc(Br)cc1)CCC(NCCc1ccccc1)C2. The number of aromatic nitrogens is 2. The van der Waals surface area contributed by atoms with E-state index in [9.17, 15) is 4.79 Å². The predicted molar refractivity (Wildman–Crippen MR) is 108 cm³/mol. The number of nitrogens with zero attached hydrogens (tertiary/aromatic N) is 1. The van der Waals surface area contributed by atoms with Crippen molar-refractivity contribution in [2.75, 3.05) is 6.54 Å². The molecule has 0 fully saturated rings. The third-order valence-corrected chi connectivity index (χ3v) is 5.57. The summed E-state index contributed by atoms with van der Waals surface area (Å²) in [4.78, 5) is 12.8. The number of hydrogen-bond acceptors (Lipinski definition) is 2. The van der Waals surface area contributed by atoms with Crippen molar-refractivity contribution in [2.24, 2.45) is 0 Å². The van der Waals surface area contributed by atoms with Crippen molar-refractivity contribution >= 4 is 15.9 Å². The smallest absolute Gasteiger partial charge is 0.274 e. The van der Waals surface area contributed by atoms with Gasteiger partial charge >= 0.3 is 0 Å². The Labute approximate surface area is 161 Å². The van der Waals surface area contributed by atoms with Crippen molar-refractivity contribution in [1.82, 2.24) is 15.1 Å². The highest BCUT2D eigenvalue weighted by Gasteiger charge is 2.24. The molecule has 1 atom stereocenters. The number of rotatable bonds is 5. The molecule has 0 radical (unpaired) electrons. The molecule has 5 heteroatoms. The fourth-order valence-corrected chi connectivity index (χ4v) is 3.88. The second-order valence-corrected chi connectivity index (χ2v) is 7.73. The largest absolute Gasteiger partial charge is 0.313 e. The first kappa shape index (κ1) is 17.3. The van der Waals surface area contributed by atoms with E-state index in [4.69, 9.17) is 0 Å². The molecule has 0 saturated carbocycles. The van der Waals surface area contributed by atoms with Gasteiger partial charge in [0.1, 0.15) is 0 Å². The van der Waals surface area contributed by atoms with Gasteiger partial charge in [-0.05, 0) is 62.1 Å². The molecule has 2 aromatic carbocycles. The van der Waals surface area contributed by atoms with E-state index in [1.807, 2.05) is 30.3 Å². The van der Waals surface area contributed by atoms with E-state index >= 15 is 0 Å². The van der Waals surface area contributed by atoms with Crippen LogP contribution in [-0.4, -0.2) is 22.4 Å². The average Bonchev–Trinajstić information content (AvgIpc) is 3.00. The highest BCUT2D eigenvalue weighted by atomic mass is 79.9. The van der Waals surface area contributed by atoms with Gasteiger partial charge in [-0.25, -0.2) is 4.68 Å². The van der Waals surface area contributed by atoms with Gasteiger partial charge in [0.25, 0.3) is 5.56 Å². The zero-order chi connectivity index (χ0) is 17.9. The molecule has 0 aliphatic heterocycles. The molecule has 4 rings (SSSR count). The first-order chi connectivity index (χ1) is 12.7. The first-order valence-corrected chi connectivity index (χ1v) is 9.86. The standard InChI is InChI=1S/C21H22BrN3O/c22-16-6-9-18(10-7-16)25-21(26)19-14-17(8-11-20(19)24-25)23-13-12-15-4-2-1-3-5-15/h1-7,9-10,17,23-24H,8,11-14H2. The van der Waals surface area contributed by atoms with E-state index in [2.05, 4.69) is 50.6 Å². The summed E-state index contributed by atoms with van der Waals surface area (Å²) in [6.45, 7) is 0.940. The Balaban J connectivity index is 1.43. The Morgan fingerprint density at radius 1 is 1.12 bits per heavy atom. The molecule has 0 amide bonds. The van der Waals surface area contributed by atoms with Crippen LogP contribution in [0.3, 0.4) is 0 Å². The number of aryl methyl sites for hydroxylation is 1. The molecular weight excluding hydrogens is 390 g/mol. The van der Waals surface area contributed by atoms with Gasteiger partial charge in [-0.15, -0.1) is 0 Å². The number of nitrogens with one attached hydrogen (secondary N) is 2. The second kappa shape index (κ2) is 7.64. The minimum absolute atomic E-state index is 0.0804. The quantitative estimate of drug-likeness (QED) is 0.673. The zero-order valence-electron chi connectivity index (χ0n) is 14.5. The summed E-state index contributed by atoms with van der Waals surface area (Å²) in [5.74, 6) is 0. The van der Waals surface area contributed by atoms with E-state index in [0.29, 0.717) is 6.04 Å². The van der Waals surface area contributed by atoms with Crippen LogP contribution in [-0.2, 0) is 19.3 Å². The van der Waals surface area contributed by atoms with Gasteiger partial charge in [0.2, 0.25) is 0 Å². The second-order valence-electron chi connectivity index (χ2n) is 6.82. The fraction of sp³-hybridized carbons (Fsp3) is 0.286. The Morgan fingerprint density at radius 3 is 2.65 bits per heavy atom. The predicted octanol–water partition coefficient (Wildman–Crippen LogP) is 3.62. The van der Waals surface area contributed by atoms with Crippen molar-refractivity contribution in [2.45, 2.75) is 31.7 Å². The van der Waals surface area contributed by atoms with E-state index in [0.717, 1.165) is 53.6 Å². The maximum Gasteiger partial charge on any atom is 0.274 e. The summed E-state index contributed by atoms with van der Waals surface area (Å²) < 4.78 is 2.68. The van der Waals surface area contributed by atoms with Crippen LogP contribution in [0.1, 0.15) is 23.2 Å². The zero-order valence-corrected chi connectivity index (χ0v) is 16.1. The molecule has 4 nitrogen and oxygen atoms in total. The van der Waals surface area contributed by atoms with Crippen LogP contribution in [0.15, 0.2) is 63.9 Å². The molecule has 1 aliphatic rings. The van der Waals surface area contributed by atoms with Crippen LogP contribution in [0.4, 0.5) is 0 Å². The molecular formula is C21H22BrN3O. The summed E-state index contributed by atoms with van der Waals surface area (Å²) >= 11 is 3.44. The molecule has 26 heavy (non-hydrogen) atoms. The number of fused-ring (bicyclic) bond motifs is 1. The normalized spacial score (nSPS) is 16.4. The molecule has 1 aromatic heterocycles. The van der Waals surface area contributed by atoms with E-state index in [-0.39, 0.29) is 5.56 Å². The Kier molecular flexibility index (Phi) is 5.09. The van der Waals surface area contributed by atoms with Crippen molar-refractivity contribution in [3.63, 3.8) is 0 Å². The number of halogens is 1. The molecule has 134 valence electrons. The summed E-state index contributed by atoms with van der Waals surface area (Å²) in [5.41, 5.74) is 4.31. The molecule has 0 spiro atoms. The minimum atomic E-state index is 0.0804. The molecule has 0 saturated heterocycles. The third-order valence-electron chi connectivity index (χ3n) is 5.04. The molecule has 3 aromatic rings. The monoisotopic (exact) mass is 411 g/mol. The van der Waals surface area contributed by atoms with Crippen LogP contribution in [0.5, 0.6) is 0 Å². The number of aromatic amines is 1. The lowest BCUT2D eigenvalue weighted by molar-refractivity contribution is 0.458. The van der Waals surface area contributed by atoms with Crippen LogP contribution < -0.4 is 10.9 Å². The summed E-state index contributed by atoms with van der Waals surface area (Å²) in [7, 11) is 0. The van der Waals surface area contributed by atoms with Crippen LogP contribution in [0, 0.1) is 0 Å². The molecule has 1 heterocycles. The summed E-state index contributed by atoms with van der Waals surface area (Å²) in [6.07, 6.45) is 3.78. The van der Waals surface area contributed by atoms with Crippen molar-refractivity contribution in [3.05, 3.63) is 86.2 Å². The van der Waals surface area contributed by atoms with Crippen LogP contribution in [0.2, 0.25) is 0 Å². The van der Waals surface area contributed by atoms with Crippen molar-refractivity contribution in [3.8, 4) is 5.69 Å². The van der Waals surface area contributed by atoms with E-state index < -0.39 is 0 Å². The fourth-order valence-electron chi connectivity index (χ4n) is 3.61. The first-order valence-electron chi connectivity index (χ1n) is 9.07. The van der Waals surface area contributed by atoms with E-state index in [1.165, 1.54) is 5.56 Å². The minimum Gasteiger partial charge on any atom is -0.313 e. The van der Waals surface area contributed by atoms with Crippen molar-refractivity contribution in [1.29, 1.82) is 0 Å². The van der Waals surface area contributed by atoms with Crippen LogP contribution in [0.25, 0.3) is 5.69 Å². The van der Waals surface area contributed by atoms with Crippen LogP contribution >= 0.6 is 15.9 Å². The lowest BCUT2D eigenvalue weighted by Crippen LogP contribution is -2.37. The van der Waals surface area contributed by atoms with Gasteiger partial charge in [-0.1, -0.05) is 46.3 Å². The topological polar surface area (TPSA) is 49.8 Å². The maximum atomic E-state index is 12.8. The van der Waals surface area contributed by atoms with Gasteiger partial charge in [-0.3, -0.25) is 9.89 Å². The number of hydrogen-bond donors (Lipinski definition) is 2. The lowest BCUT2D eigenvalue weighted by Gasteiger charge is -2.22. The van der Waals surface area contributed by atoms with E-state index in [1.54, 1.807) is 4.68 Å². The Hall–Kier alpha value is -2.11. The number of H-pyrrole nitrogens is 1. The molecule has 1 unspecified atom stereocenters. The summed E-state index contributed by atoms with van der Waals surface area (Å²) in [6, 6.07) is 18.7. The van der Waals surface area contributed by atoms with Gasteiger partial charge < -0.3 is 5.32 Å². The Bertz CT molecular complexity index is 928. The lowest BCUT2D eigenvalue weighted by atomic mass is 9.93. The Morgan fingerprint density at radius 2 is 1.88 bits per heavy atom. The average molecular weight is 412 g/mol. The van der Waals surface area contributed by atoms with Crippen molar-refractivity contribution < 1.29 is 0 Å².